The second-order valence-corrected chi connectivity index (χ2v) is 5.73. The summed E-state index contributed by atoms with van der Waals surface area (Å²) >= 11 is 1.48. The predicted molar refractivity (Wildman–Crippen MR) is 54.4 cm³/mol. The smallest absolute Gasteiger partial charge is 0.180 e. The number of aromatic nitrogens is 1. The van der Waals surface area contributed by atoms with Crippen LogP contribution in [-0.4, -0.2) is 28.0 Å². The van der Waals surface area contributed by atoms with E-state index in [1.807, 2.05) is 5.38 Å². The molecule has 0 aliphatic carbocycles. The first-order valence-corrected chi connectivity index (χ1v) is 6.54. The standard InChI is InChI=1S/C8H12N2OS2/c11-13(8-10-3-4-12-8)6-7-1-2-9-5-7/h3-4,7,9H,1-2,5-6H2/t7-,13+/m1/s1. The first-order chi connectivity index (χ1) is 6.36. The Bertz CT molecular complexity index is 280. The molecule has 0 aromatic carbocycles. The van der Waals surface area contributed by atoms with Crippen LogP contribution >= 0.6 is 11.3 Å². The molecule has 3 nitrogen and oxygen atoms in total. The lowest BCUT2D eigenvalue weighted by atomic mass is 10.2. The molecule has 1 saturated heterocycles. The van der Waals surface area contributed by atoms with Crippen molar-refractivity contribution in [3.05, 3.63) is 11.6 Å². The van der Waals surface area contributed by atoms with Gasteiger partial charge in [-0.15, -0.1) is 11.3 Å². The molecule has 1 aromatic rings. The van der Waals surface area contributed by atoms with Crippen molar-refractivity contribution in [2.75, 3.05) is 18.8 Å². The van der Waals surface area contributed by atoms with Gasteiger partial charge in [-0.05, 0) is 25.4 Å². The van der Waals surface area contributed by atoms with Crippen molar-refractivity contribution in [3.8, 4) is 0 Å². The van der Waals surface area contributed by atoms with Crippen molar-refractivity contribution in [2.45, 2.75) is 10.8 Å². The molecule has 5 heteroatoms. The number of thiazole rings is 1. The highest BCUT2D eigenvalue weighted by Crippen LogP contribution is 2.15. The molecule has 0 amide bonds. The normalized spacial score (nSPS) is 24.8. The molecule has 0 spiro atoms. The van der Waals surface area contributed by atoms with Gasteiger partial charge in [0, 0.05) is 17.3 Å². The largest absolute Gasteiger partial charge is 0.316 e. The van der Waals surface area contributed by atoms with Gasteiger partial charge in [0.25, 0.3) is 0 Å². The molecular formula is C8H12N2OS2. The summed E-state index contributed by atoms with van der Waals surface area (Å²) in [6, 6.07) is 0. The number of rotatable bonds is 3. The topological polar surface area (TPSA) is 42.0 Å². The summed E-state index contributed by atoms with van der Waals surface area (Å²) < 4.78 is 12.5. The zero-order valence-electron chi connectivity index (χ0n) is 7.23. The van der Waals surface area contributed by atoms with Crippen LogP contribution in [0.5, 0.6) is 0 Å². The van der Waals surface area contributed by atoms with E-state index in [-0.39, 0.29) is 0 Å². The van der Waals surface area contributed by atoms with Crippen molar-refractivity contribution in [1.29, 1.82) is 0 Å². The highest BCUT2D eigenvalue weighted by Gasteiger charge is 2.18. The van der Waals surface area contributed by atoms with E-state index in [0.717, 1.165) is 29.6 Å². The SMILES string of the molecule is O=[S@@](C[C@@H]1CCNC1)c1nccs1. The molecule has 1 aliphatic heterocycles. The molecule has 0 radical (unpaired) electrons. The Balaban J connectivity index is 1.91. The first kappa shape index (κ1) is 9.30. The van der Waals surface area contributed by atoms with Crippen molar-refractivity contribution in [2.24, 2.45) is 5.92 Å². The lowest BCUT2D eigenvalue weighted by Crippen LogP contribution is -2.14. The predicted octanol–water partition coefficient (Wildman–Crippen LogP) is 0.860. The van der Waals surface area contributed by atoms with Crippen molar-refractivity contribution in [3.63, 3.8) is 0 Å². The van der Waals surface area contributed by atoms with Crippen molar-refractivity contribution in [1.82, 2.24) is 10.3 Å². The first-order valence-electron chi connectivity index (χ1n) is 4.35. The quantitative estimate of drug-likeness (QED) is 0.815. The third-order valence-electron chi connectivity index (χ3n) is 2.15. The molecule has 1 N–H and O–H groups in total. The van der Waals surface area contributed by atoms with Crippen LogP contribution < -0.4 is 5.32 Å². The van der Waals surface area contributed by atoms with Gasteiger partial charge in [0.05, 0.1) is 10.8 Å². The minimum atomic E-state index is -0.875. The molecule has 0 bridgehead atoms. The fourth-order valence-corrected chi connectivity index (χ4v) is 3.66. The lowest BCUT2D eigenvalue weighted by Gasteiger charge is -2.04. The van der Waals surface area contributed by atoms with E-state index in [4.69, 9.17) is 0 Å². The van der Waals surface area contributed by atoms with E-state index in [1.165, 1.54) is 11.3 Å². The Morgan fingerprint density at radius 2 is 2.69 bits per heavy atom. The Morgan fingerprint density at radius 1 is 1.77 bits per heavy atom. The Hall–Kier alpha value is -0.260. The number of hydrogen-bond donors (Lipinski definition) is 1. The third-order valence-corrected chi connectivity index (χ3v) is 4.83. The molecule has 2 atom stereocenters. The lowest BCUT2D eigenvalue weighted by molar-refractivity contribution is 0.632. The molecule has 1 aliphatic rings. The highest BCUT2D eigenvalue weighted by atomic mass is 32.2. The summed E-state index contributed by atoms with van der Waals surface area (Å²) in [6.45, 7) is 2.08. The summed E-state index contributed by atoms with van der Waals surface area (Å²) in [5.41, 5.74) is 0. The monoisotopic (exact) mass is 216 g/mol. The van der Waals surface area contributed by atoms with Crippen LogP contribution in [0.25, 0.3) is 0 Å². The maximum atomic E-state index is 11.7. The van der Waals surface area contributed by atoms with Crippen LogP contribution in [0.4, 0.5) is 0 Å². The summed E-state index contributed by atoms with van der Waals surface area (Å²) in [4.78, 5) is 4.06. The Labute approximate surface area is 84.0 Å². The van der Waals surface area contributed by atoms with E-state index >= 15 is 0 Å². The van der Waals surface area contributed by atoms with Gasteiger partial charge >= 0.3 is 0 Å². The highest BCUT2D eigenvalue weighted by molar-refractivity contribution is 7.87. The van der Waals surface area contributed by atoms with E-state index in [9.17, 15) is 4.21 Å². The van der Waals surface area contributed by atoms with Gasteiger partial charge in [-0.1, -0.05) is 0 Å². The summed E-state index contributed by atoms with van der Waals surface area (Å²) in [5, 5.41) is 5.15. The molecule has 1 fully saturated rings. The van der Waals surface area contributed by atoms with Crippen LogP contribution in [0.3, 0.4) is 0 Å². The Kier molecular flexibility index (Phi) is 3.08. The number of hydrogen-bond acceptors (Lipinski definition) is 4. The zero-order valence-corrected chi connectivity index (χ0v) is 8.87. The van der Waals surface area contributed by atoms with Crippen LogP contribution in [0, 0.1) is 5.92 Å². The molecule has 1 aromatic heterocycles. The average Bonchev–Trinajstić information content (AvgIpc) is 2.74. The van der Waals surface area contributed by atoms with Crippen molar-refractivity contribution < 1.29 is 4.21 Å². The van der Waals surface area contributed by atoms with E-state index in [1.54, 1.807) is 6.20 Å². The number of nitrogens with zero attached hydrogens (tertiary/aromatic N) is 1. The van der Waals surface area contributed by atoms with Crippen molar-refractivity contribution >= 4 is 22.1 Å². The minimum Gasteiger partial charge on any atom is -0.316 e. The molecule has 2 rings (SSSR count). The van der Waals surface area contributed by atoms with Gasteiger partial charge in [-0.2, -0.15) is 0 Å². The minimum absolute atomic E-state index is 0.574. The van der Waals surface area contributed by atoms with Gasteiger partial charge in [-0.3, -0.25) is 4.21 Å². The van der Waals surface area contributed by atoms with Gasteiger partial charge in [0.2, 0.25) is 0 Å². The van der Waals surface area contributed by atoms with E-state index in [0.29, 0.717) is 5.92 Å². The molecule has 0 saturated carbocycles. The van der Waals surface area contributed by atoms with Crippen LogP contribution in [-0.2, 0) is 10.8 Å². The second-order valence-electron chi connectivity index (χ2n) is 3.17. The molecule has 72 valence electrons. The van der Waals surface area contributed by atoms with Gasteiger partial charge in [0.15, 0.2) is 4.34 Å². The summed E-state index contributed by atoms with van der Waals surface area (Å²) in [7, 11) is -0.875. The molecule has 0 unspecified atom stereocenters. The van der Waals surface area contributed by atoms with Crippen LogP contribution in [0.2, 0.25) is 0 Å². The van der Waals surface area contributed by atoms with Gasteiger partial charge in [-0.25, -0.2) is 4.98 Å². The van der Waals surface area contributed by atoms with Crippen LogP contribution in [0.1, 0.15) is 6.42 Å². The van der Waals surface area contributed by atoms with Gasteiger partial charge < -0.3 is 5.32 Å². The Morgan fingerprint density at radius 3 is 3.31 bits per heavy atom. The molecule has 13 heavy (non-hydrogen) atoms. The van der Waals surface area contributed by atoms with E-state index in [2.05, 4.69) is 10.3 Å². The van der Waals surface area contributed by atoms with Gasteiger partial charge in [0.1, 0.15) is 0 Å². The average molecular weight is 216 g/mol. The second kappa shape index (κ2) is 4.30. The summed E-state index contributed by atoms with van der Waals surface area (Å²) in [6.07, 6.45) is 2.86. The third kappa shape index (κ3) is 2.36. The summed E-state index contributed by atoms with van der Waals surface area (Å²) in [5.74, 6) is 1.34. The molecule has 2 heterocycles. The van der Waals surface area contributed by atoms with E-state index < -0.39 is 10.8 Å². The fraction of sp³-hybridized carbons (Fsp3) is 0.625. The zero-order chi connectivity index (χ0) is 9.10. The fourth-order valence-electron chi connectivity index (χ4n) is 1.46. The number of nitrogens with one attached hydrogen (secondary N) is 1. The maximum absolute atomic E-state index is 11.7. The van der Waals surface area contributed by atoms with Crippen LogP contribution in [0.15, 0.2) is 15.9 Å². The molecular weight excluding hydrogens is 204 g/mol. The maximum Gasteiger partial charge on any atom is 0.180 e.